The quantitative estimate of drug-likeness (QED) is 0.935. The maximum Gasteiger partial charge on any atom is 0.240 e. The summed E-state index contributed by atoms with van der Waals surface area (Å²) in [7, 11) is 0. The number of hydrogen-bond acceptors (Lipinski definition) is 5. The molecule has 0 spiro atoms. The molecule has 86 valence electrons. The molecule has 0 aliphatic rings. The van der Waals surface area contributed by atoms with E-state index in [1.54, 1.807) is 13.2 Å². The molecule has 1 unspecified atom stereocenters. The van der Waals surface area contributed by atoms with Crippen LogP contribution in [0, 0.1) is 6.92 Å². The van der Waals surface area contributed by atoms with Crippen molar-refractivity contribution in [3.8, 4) is 0 Å². The topological polar surface area (TPSA) is 64.1 Å². The van der Waals surface area contributed by atoms with Gasteiger partial charge in [-0.25, -0.2) is 0 Å². The van der Waals surface area contributed by atoms with Crippen molar-refractivity contribution in [2.45, 2.75) is 26.4 Å². The van der Waals surface area contributed by atoms with E-state index in [0.717, 1.165) is 10.2 Å². The van der Waals surface area contributed by atoms with Gasteiger partial charge in [0.1, 0.15) is 5.76 Å². The molecule has 2 heterocycles. The zero-order valence-corrected chi connectivity index (χ0v) is 10.6. The summed E-state index contributed by atoms with van der Waals surface area (Å²) in [5.74, 6) is 2.08. The largest absolute Gasteiger partial charge is 0.466 e. The van der Waals surface area contributed by atoms with E-state index in [4.69, 9.17) is 8.94 Å². The van der Waals surface area contributed by atoms with Crippen LogP contribution in [0.15, 0.2) is 25.7 Å². The van der Waals surface area contributed by atoms with Crippen molar-refractivity contribution < 1.29 is 8.94 Å². The lowest BCUT2D eigenvalue weighted by atomic mass is 10.2. The van der Waals surface area contributed by atoms with Crippen LogP contribution in [0.3, 0.4) is 0 Å². The average Bonchev–Trinajstić information content (AvgIpc) is 2.84. The molecule has 6 heteroatoms. The number of halogens is 1. The summed E-state index contributed by atoms with van der Waals surface area (Å²) in [6.45, 7) is 4.32. The molecule has 2 aromatic heterocycles. The highest BCUT2D eigenvalue weighted by Gasteiger charge is 2.13. The van der Waals surface area contributed by atoms with Crippen molar-refractivity contribution in [2.75, 3.05) is 0 Å². The minimum Gasteiger partial charge on any atom is -0.466 e. The first-order valence-electron chi connectivity index (χ1n) is 4.92. The lowest BCUT2D eigenvalue weighted by Crippen LogP contribution is -2.18. The number of nitrogens with one attached hydrogen (secondary N) is 1. The second kappa shape index (κ2) is 4.80. The first-order valence-corrected chi connectivity index (χ1v) is 5.71. The van der Waals surface area contributed by atoms with Gasteiger partial charge >= 0.3 is 0 Å². The molecule has 0 aliphatic carbocycles. The van der Waals surface area contributed by atoms with Gasteiger partial charge in [0.25, 0.3) is 0 Å². The van der Waals surface area contributed by atoms with Crippen LogP contribution in [-0.2, 0) is 6.54 Å². The van der Waals surface area contributed by atoms with Crippen LogP contribution in [-0.4, -0.2) is 10.1 Å². The maximum atomic E-state index is 5.34. The van der Waals surface area contributed by atoms with Gasteiger partial charge in [-0.15, -0.1) is 0 Å². The lowest BCUT2D eigenvalue weighted by molar-refractivity contribution is 0.347. The third kappa shape index (κ3) is 2.51. The predicted molar refractivity (Wildman–Crippen MR) is 60.7 cm³/mol. The Hall–Kier alpha value is -1.14. The first-order chi connectivity index (χ1) is 7.66. The SMILES string of the molecule is Cc1noc(CNC(C)c2occc2Br)n1. The Balaban J connectivity index is 1.93. The predicted octanol–water partition coefficient (Wildman–Crippen LogP) is 2.58. The second-order valence-corrected chi connectivity index (χ2v) is 4.33. The Labute approximate surface area is 101 Å². The molecule has 0 radical (unpaired) electrons. The molecule has 2 aromatic rings. The van der Waals surface area contributed by atoms with E-state index < -0.39 is 0 Å². The number of nitrogens with zero attached hydrogens (tertiary/aromatic N) is 2. The Morgan fingerprint density at radius 3 is 2.94 bits per heavy atom. The highest BCUT2D eigenvalue weighted by molar-refractivity contribution is 9.10. The van der Waals surface area contributed by atoms with Crippen molar-refractivity contribution in [3.63, 3.8) is 0 Å². The second-order valence-electron chi connectivity index (χ2n) is 3.47. The minimum absolute atomic E-state index is 0.0802. The van der Waals surface area contributed by atoms with Crippen LogP contribution < -0.4 is 5.32 Å². The molecule has 16 heavy (non-hydrogen) atoms. The van der Waals surface area contributed by atoms with Crippen molar-refractivity contribution >= 4 is 15.9 Å². The Bertz CT molecular complexity index is 466. The molecule has 0 fully saturated rings. The number of rotatable bonds is 4. The van der Waals surface area contributed by atoms with E-state index >= 15 is 0 Å². The normalized spacial score (nSPS) is 12.9. The molecule has 0 bridgehead atoms. The Kier molecular flexibility index (Phi) is 3.40. The monoisotopic (exact) mass is 285 g/mol. The maximum absolute atomic E-state index is 5.34. The highest BCUT2D eigenvalue weighted by atomic mass is 79.9. The van der Waals surface area contributed by atoms with Gasteiger partial charge < -0.3 is 8.94 Å². The van der Waals surface area contributed by atoms with E-state index in [9.17, 15) is 0 Å². The number of aryl methyl sites for hydroxylation is 1. The van der Waals surface area contributed by atoms with Gasteiger partial charge in [0, 0.05) is 0 Å². The molecule has 2 rings (SSSR count). The fourth-order valence-electron chi connectivity index (χ4n) is 1.36. The van der Waals surface area contributed by atoms with Crippen LogP contribution in [0.2, 0.25) is 0 Å². The fraction of sp³-hybridized carbons (Fsp3) is 0.400. The summed E-state index contributed by atoms with van der Waals surface area (Å²) in [6.07, 6.45) is 1.65. The number of furan rings is 1. The highest BCUT2D eigenvalue weighted by Crippen LogP contribution is 2.24. The fourth-order valence-corrected chi connectivity index (χ4v) is 1.90. The first kappa shape index (κ1) is 11.3. The van der Waals surface area contributed by atoms with Crippen molar-refractivity contribution in [1.82, 2.24) is 15.5 Å². The lowest BCUT2D eigenvalue weighted by Gasteiger charge is -2.09. The molecule has 1 atom stereocenters. The van der Waals surface area contributed by atoms with Gasteiger partial charge in [-0.3, -0.25) is 5.32 Å². The molecule has 0 aromatic carbocycles. The van der Waals surface area contributed by atoms with Gasteiger partial charge in [-0.2, -0.15) is 4.98 Å². The van der Waals surface area contributed by atoms with Crippen molar-refractivity contribution in [3.05, 3.63) is 34.3 Å². The summed E-state index contributed by atoms with van der Waals surface area (Å²) in [6, 6.07) is 1.95. The van der Waals surface area contributed by atoms with Gasteiger partial charge in [-0.05, 0) is 35.8 Å². The molecule has 0 saturated heterocycles. The number of aromatic nitrogens is 2. The van der Waals surface area contributed by atoms with Crippen LogP contribution >= 0.6 is 15.9 Å². The van der Waals surface area contributed by atoms with Crippen molar-refractivity contribution in [2.24, 2.45) is 0 Å². The third-order valence-corrected chi connectivity index (χ3v) is 2.82. The van der Waals surface area contributed by atoms with E-state index in [1.165, 1.54) is 0 Å². The van der Waals surface area contributed by atoms with Crippen LogP contribution in [0.4, 0.5) is 0 Å². The van der Waals surface area contributed by atoms with E-state index in [2.05, 4.69) is 31.4 Å². The number of hydrogen-bond donors (Lipinski definition) is 1. The summed E-state index contributed by atoms with van der Waals surface area (Å²) in [5, 5.41) is 6.95. The van der Waals surface area contributed by atoms with Gasteiger partial charge in [-0.1, -0.05) is 5.16 Å². The van der Waals surface area contributed by atoms with Crippen molar-refractivity contribution in [1.29, 1.82) is 0 Å². The van der Waals surface area contributed by atoms with Crippen LogP contribution in [0.5, 0.6) is 0 Å². The van der Waals surface area contributed by atoms with Gasteiger partial charge in [0.2, 0.25) is 5.89 Å². The standard InChI is InChI=1S/C10H12BrN3O2/c1-6(10-8(11)3-4-15-10)12-5-9-13-7(2)14-16-9/h3-4,6,12H,5H2,1-2H3. The molecular weight excluding hydrogens is 274 g/mol. The zero-order chi connectivity index (χ0) is 11.5. The van der Waals surface area contributed by atoms with Gasteiger partial charge in [0.15, 0.2) is 5.82 Å². The summed E-state index contributed by atoms with van der Waals surface area (Å²) >= 11 is 3.41. The molecule has 0 aliphatic heterocycles. The van der Waals surface area contributed by atoms with E-state index in [-0.39, 0.29) is 6.04 Å². The van der Waals surface area contributed by atoms with Gasteiger partial charge in [0.05, 0.1) is 23.3 Å². The Morgan fingerprint density at radius 2 is 2.38 bits per heavy atom. The van der Waals surface area contributed by atoms with Crippen LogP contribution in [0.1, 0.15) is 30.4 Å². The third-order valence-electron chi connectivity index (χ3n) is 2.17. The molecule has 0 saturated carbocycles. The summed E-state index contributed by atoms with van der Waals surface area (Å²) < 4.78 is 11.3. The zero-order valence-electron chi connectivity index (χ0n) is 9.03. The smallest absolute Gasteiger partial charge is 0.240 e. The molecule has 0 amide bonds. The minimum atomic E-state index is 0.0802. The summed E-state index contributed by atoms with van der Waals surface area (Å²) in [5.41, 5.74) is 0. The Morgan fingerprint density at radius 1 is 1.56 bits per heavy atom. The molecule has 5 nitrogen and oxygen atoms in total. The van der Waals surface area contributed by atoms with E-state index in [1.807, 2.05) is 13.0 Å². The van der Waals surface area contributed by atoms with Crippen LogP contribution in [0.25, 0.3) is 0 Å². The summed E-state index contributed by atoms with van der Waals surface area (Å²) in [4.78, 5) is 4.10. The average molecular weight is 286 g/mol. The van der Waals surface area contributed by atoms with E-state index in [0.29, 0.717) is 18.3 Å². The molecule has 1 N–H and O–H groups in total. The molecular formula is C10H12BrN3O2.